The summed E-state index contributed by atoms with van der Waals surface area (Å²) in [5.74, 6) is 2.41. The Bertz CT molecular complexity index is 1280. The number of hydrazone groups is 1. The Balaban J connectivity index is 1.68. The highest BCUT2D eigenvalue weighted by molar-refractivity contribution is 5.76. The van der Waals surface area contributed by atoms with Crippen LogP contribution in [0.15, 0.2) is 102 Å². The number of rotatable bonds is 9. The SMILES string of the molecule is COc1ccc(C(c2ccc(OC)cc2)(c2ccc(OC)cc2)N2CC(c3ccc(C=O)cc3)C=N2)cc1. The largest absolute Gasteiger partial charge is 0.497 e. The summed E-state index contributed by atoms with van der Waals surface area (Å²) >= 11 is 0. The van der Waals surface area contributed by atoms with Crippen molar-refractivity contribution in [1.82, 2.24) is 5.01 Å². The lowest BCUT2D eigenvalue weighted by Gasteiger charge is -2.43. The lowest BCUT2D eigenvalue weighted by molar-refractivity contribution is 0.112. The van der Waals surface area contributed by atoms with E-state index >= 15 is 0 Å². The summed E-state index contributed by atoms with van der Waals surface area (Å²) in [4.78, 5) is 11.2. The van der Waals surface area contributed by atoms with Gasteiger partial charge in [-0.1, -0.05) is 60.7 Å². The van der Waals surface area contributed by atoms with Gasteiger partial charge in [0.25, 0.3) is 0 Å². The van der Waals surface area contributed by atoms with Crippen molar-refractivity contribution in [2.75, 3.05) is 27.9 Å². The number of benzene rings is 4. The highest BCUT2D eigenvalue weighted by atomic mass is 16.5. The van der Waals surface area contributed by atoms with Crippen LogP contribution in [0.2, 0.25) is 0 Å². The molecule has 0 radical (unpaired) electrons. The van der Waals surface area contributed by atoms with Crippen molar-refractivity contribution in [1.29, 1.82) is 0 Å². The fourth-order valence-electron chi connectivity index (χ4n) is 5.12. The molecule has 4 aromatic rings. The van der Waals surface area contributed by atoms with Crippen LogP contribution in [0.4, 0.5) is 0 Å². The quantitative estimate of drug-likeness (QED) is 0.209. The number of methoxy groups -OCH3 is 3. The summed E-state index contributed by atoms with van der Waals surface area (Å²) in [5.41, 5.74) is 4.14. The molecule has 0 spiro atoms. The Kier molecular flexibility index (Phi) is 7.13. The number of ether oxygens (including phenoxy) is 3. The lowest BCUT2D eigenvalue weighted by atomic mass is 9.76. The molecule has 0 fully saturated rings. The predicted octanol–water partition coefficient (Wildman–Crippen LogP) is 5.90. The maximum absolute atomic E-state index is 11.2. The van der Waals surface area contributed by atoms with E-state index in [0.29, 0.717) is 12.1 Å². The number of nitrogens with zero attached hydrogens (tertiary/aromatic N) is 2. The van der Waals surface area contributed by atoms with E-state index in [1.807, 2.05) is 66.9 Å². The third-order valence-corrected chi connectivity index (χ3v) is 7.17. The number of aldehydes is 1. The summed E-state index contributed by atoms with van der Waals surface area (Å²) in [6, 6.07) is 32.1. The fraction of sp³-hybridized carbons (Fsp3) is 0.188. The molecule has 6 nitrogen and oxygen atoms in total. The zero-order valence-corrected chi connectivity index (χ0v) is 21.7. The minimum Gasteiger partial charge on any atom is -0.497 e. The maximum Gasteiger partial charge on any atom is 0.150 e. The Morgan fingerprint density at radius 2 is 1.11 bits per heavy atom. The van der Waals surface area contributed by atoms with Crippen molar-refractivity contribution in [3.05, 3.63) is 125 Å². The third kappa shape index (κ3) is 4.50. The smallest absolute Gasteiger partial charge is 0.150 e. The van der Waals surface area contributed by atoms with Gasteiger partial charge in [0.2, 0.25) is 0 Å². The number of carbonyl (C=O) groups is 1. The van der Waals surface area contributed by atoms with Gasteiger partial charge in [-0.3, -0.25) is 9.80 Å². The monoisotopic (exact) mass is 506 g/mol. The highest BCUT2D eigenvalue weighted by Gasteiger charge is 2.44. The first-order valence-electron chi connectivity index (χ1n) is 12.4. The summed E-state index contributed by atoms with van der Waals surface area (Å²) in [6.07, 6.45) is 2.85. The van der Waals surface area contributed by atoms with Crippen molar-refractivity contribution in [3.63, 3.8) is 0 Å². The van der Waals surface area contributed by atoms with E-state index in [0.717, 1.165) is 45.8 Å². The minimum absolute atomic E-state index is 0.0600. The second-order valence-corrected chi connectivity index (χ2v) is 9.13. The molecule has 1 aliphatic heterocycles. The average Bonchev–Trinajstić information content (AvgIpc) is 3.49. The molecule has 192 valence electrons. The van der Waals surface area contributed by atoms with Crippen LogP contribution in [-0.4, -0.2) is 45.4 Å². The van der Waals surface area contributed by atoms with Crippen LogP contribution in [0.1, 0.15) is 38.5 Å². The molecule has 38 heavy (non-hydrogen) atoms. The number of carbonyl (C=O) groups excluding carboxylic acids is 1. The van der Waals surface area contributed by atoms with E-state index < -0.39 is 5.54 Å². The first-order chi connectivity index (χ1) is 18.6. The highest BCUT2D eigenvalue weighted by Crippen LogP contribution is 2.46. The van der Waals surface area contributed by atoms with Crippen molar-refractivity contribution >= 4 is 12.5 Å². The van der Waals surface area contributed by atoms with Crippen molar-refractivity contribution in [2.24, 2.45) is 5.10 Å². The van der Waals surface area contributed by atoms with E-state index in [2.05, 4.69) is 41.4 Å². The van der Waals surface area contributed by atoms with Gasteiger partial charge in [-0.05, 0) is 58.7 Å². The molecule has 1 aliphatic rings. The standard InChI is InChI=1S/C32H30N2O4/c1-36-29-14-8-26(9-15-29)32(27-10-16-30(37-2)17-11-27,28-12-18-31(38-3)19-13-28)34-21-25(20-33-34)24-6-4-23(22-35)5-7-24/h4-20,22,25H,21H2,1-3H3. The van der Waals surface area contributed by atoms with Gasteiger partial charge in [0.15, 0.2) is 0 Å². The van der Waals surface area contributed by atoms with Crippen LogP contribution in [-0.2, 0) is 5.54 Å². The first kappa shape index (κ1) is 25.1. The van der Waals surface area contributed by atoms with Crippen LogP contribution in [0, 0.1) is 0 Å². The third-order valence-electron chi connectivity index (χ3n) is 7.17. The van der Waals surface area contributed by atoms with Crippen LogP contribution in [0.25, 0.3) is 0 Å². The molecule has 1 atom stereocenters. The summed E-state index contributed by atoms with van der Waals surface area (Å²) in [5, 5.41) is 7.16. The molecule has 0 amide bonds. The first-order valence-corrected chi connectivity index (χ1v) is 12.4. The van der Waals surface area contributed by atoms with Crippen molar-refractivity contribution in [2.45, 2.75) is 11.5 Å². The second-order valence-electron chi connectivity index (χ2n) is 9.13. The van der Waals surface area contributed by atoms with Gasteiger partial charge in [0.1, 0.15) is 29.1 Å². The van der Waals surface area contributed by atoms with Gasteiger partial charge < -0.3 is 14.2 Å². The molecule has 0 bridgehead atoms. The van der Waals surface area contributed by atoms with E-state index in [1.165, 1.54) is 0 Å². The Labute approximate surface area is 223 Å². The molecular weight excluding hydrogens is 476 g/mol. The molecule has 0 saturated heterocycles. The van der Waals surface area contributed by atoms with E-state index in [1.54, 1.807) is 21.3 Å². The normalized spacial score (nSPS) is 14.8. The Morgan fingerprint density at radius 1 is 0.684 bits per heavy atom. The average molecular weight is 507 g/mol. The van der Waals surface area contributed by atoms with Crippen molar-refractivity contribution in [3.8, 4) is 17.2 Å². The van der Waals surface area contributed by atoms with Crippen LogP contribution >= 0.6 is 0 Å². The summed E-state index contributed by atoms with van der Waals surface area (Å²) < 4.78 is 16.4. The number of hydrogen-bond acceptors (Lipinski definition) is 6. The Hall–Kier alpha value is -4.58. The molecular formula is C32H30N2O4. The fourth-order valence-corrected chi connectivity index (χ4v) is 5.12. The van der Waals surface area contributed by atoms with Gasteiger partial charge in [0.05, 0.1) is 21.3 Å². The van der Waals surface area contributed by atoms with Crippen LogP contribution < -0.4 is 14.2 Å². The summed E-state index contributed by atoms with van der Waals surface area (Å²) in [7, 11) is 5.00. The predicted molar refractivity (Wildman–Crippen MR) is 149 cm³/mol. The molecule has 1 unspecified atom stereocenters. The molecule has 0 aromatic heterocycles. The van der Waals surface area contributed by atoms with Gasteiger partial charge in [-0.2, -0.15) is 5.10 Å². The summed E-state index contributed by atoms with van der Waals surface area (Å²) in [6.45, 7) is 0.643. The van der Waals surface area contributed by atoms with Crippen molar-refractivity contribution < 1.29 is 19.0 Å². The lowest BCUT2D eigenvalue weighted by Crippen LogP contribution is -2.45. The van der Waals surface area contributed by atoms with E-state index in [-0.39, 0.29) is 5.92 Å². The molecule has 5 rings (SSSR count). The second kappa shape index (κ2) is 10.8. The minimum atomic E-state index is -0.751. The topological polar surface area (TPSA) is 60.4 Å². The van der Waals surface area contributed by atoms with Crippen LogP contribution in [0.3, 0.4) is 0 Å². The maximum atomic E-state index is 11.2. The molecule has 0 N–H and O–H groups in total. The van der Waals surface area contributed by atoms with Gasteiger partial charge in [-0.25, -0.2) is 0 Å². The molecule has 0 aliphatic carbocycles. The number of hydrogen-bond donors (Lipinski definition) is 0. The molecule has 6 heteroatoms. The van der Waals surface area contributed by atoms with E-state index in [4.69, 9.17) is 19.3 Å². The Morgan fingerprint density at radius 3 is 1.47 bits per heavy atom. The van der Waals surface area contributed by atoms with Crippen LogP contribution in [0.5, 0.6) is 17.2 Å². The molecule has 0 saturated carbocycles. The van der Waals surface area contributed by atoms with E-state index in [9.17, 15) is 4.79 Å². The zero-order valence-electron chi connectivity index (χ0n) is 21.7. The molecule has 4 aromatic carbocycles. The zero-order chi connectivity index (χ0) is 26.5. The van der Waals surface area contributed by atoms with Gasteiger partial charge >= 0.3 is 0 Å². The van der Waals surface area contributed by atoms with Gasteiger partial charge in [0, 0.05) is 24.2 Å². The molecule has 1 heterocycles. The van der Waals surface area contributed by atoms with Gasteiger partial charge in [-0.15, -0.1) is 0 Å².